The summed E-state index contributed by atoms with van der Waals surface area (Å²) in [5, 5.41) is 3.34. The highest BCUT2D eigenvalue weighted by Gasteiger charge is 2.36. The largest absolute Gasteiger partial charge is 0.495 e. The summed E-state index contributed by atoms with van der Waals surface area (Å²) in [6.07, 6.45) is 1.81. The van der Waals surface area contributed by atoms with Gasteiger partial charge >= 0.3 is 0 Å². The Bertz CT molecular complexity index is 858. The lowest BCUT2D eigenvalue weighted by atomic mass is 10.0. The molecule has 0 aromatic heterocycles. The lowest BCUT2D eigenvalue weighted by Crippen LogP contribution is -2.58. The average Bonchev–Trinajstić information content (AvgIpc) is 2.70. The molecule has 0 spiro atoms. The number of nitrogens with zero attached hydrogens (tertiary/aromatic N) is 3. The molecule has 2 heterocycles. The standard InChI is InChI=1S/C20H31ClN4O4S/c1-15-6-8-24(9-7-15)30(27,28)25-11-10-23(16(2)13-25)14-20(26)22-18-12-17(21)4-5-19(18)29-3/h4-5,12,15-16H,6-11,13-14H2,1-3H3,(H,22,26)/t16-/m0/s1. The molecule has 30 heavy (non-hydrogen) atoms. The summed E-state index contributed by atoms with van der Waals surface area (Å²) in [7, 11) is -1.92. The quantitative estimate of drug-likeness (QED) is 0.707. The minimum absolute atomic E-state index is 0.0655. The Morgan fingerprint density at radius 1 is 1.17 bits per heavy atom. The zero-order valence-corrected chi connectivity index (χ0v) is 19.4. The van der Waals surface area contributed by atoms with Crippen molar-refractivity contribution in [1.29, 1.82) is 0 Å². The number of carbonyl (C=O) groups is 1. The van der Waals surface area contributed by atoms with Gasteiger partial charge in [-0.05, 0) is 43.9 Å². The maximum atomic E-state index is 13.0. The molecule has 0 saturated carbocycles. The van der Waals surface area contributed by atoms with Crippen LogP contribution in [0.25, 0.3) is 0 Å². The Labute approximate surface area is 184 Å². The molecule has 0 radical (unpaired) electrons. The van der Waals surface area contributed by atoms with E-state index >= 15 is 0 Å². The van der Waals surface area contributed by atoms with Gasteiger partial charge in [-0.3, -0.25) is 9.69 Å². The van der Waals surface area contributed by atoms with Crippen LogP contribution in [0.2, 0.25) is 5.02 Å². The summed E-state index contributed by atoms with van der Waals surface area (Å²) in [4.78, 5) is 14.6. The van der Waals surface area contributed by atoms with E-state index in [1.807, 2.05) is 11.8 Å². The van der Waals surface area contributed by atoms with E-state index in [0.29, 0.717) is 55.1 Å². The van der Waals surface area contributed by atoms with Crippen LogP contribution in [-0.4, -0.2) is 80.3 Å². The summed E-state index contributed by atoms with van der Waals surface area (Å²) in [6, 6.07) is 4.97. The van der Waals surface area contributed by atoms with Crippen LogP contribution in [0.4, 0.5) is 5.69 Å². The van der Waals surface area contributed by atoms with Gasteiger partial charge in [-0.2, -0.15) is 17.0 Å². The number of rotatable bonds is 6. The summed E-state index contributed by atoms with van der Waals surface area (Å²) in [5.74, 6) is 0.917. The van der Waals surface area contributed by atoms with Crippen LogP contribution >= 0.6 is 11.6 Å². The molecule has 0 bridgehead atoms. The smallest absolute Gasteiger partial charge is 0.282 e. The molecule has 1 amide bonds. The second-order valence-corrected chi connectivity index (χ2v) is 10.5. The number of carbonyl (C=O) groups excluding carboxylic acids is 1. The van der Waals surface area contributed by atoms with Gasteiger partial charge in [0.2, 0.25) is 5.91 Å². The first-order valence-corrected chi connectivity index (χ1v) is 12.1. The van der Waals surface area contributed by atoms with Crippen LogP contribution < -0.4 is 10.1 Å². The van der Waals surface area contributed by atoms with Crippen LogP contribution in [0.5, 0.6) is 5.75 Å². The maximum Gasteiger partial charge on any atom is 0.282 e. The lowest BCUT2D eigenvalue weighted by molar-refractivity contribution is -0.118. The minimum Gasteiger partial charge on any atom is -0.495 e. The van der Waals surface area contributed by atoms with Gasteiger partial charge in [-0.15, -0.1) is 0 Å². The Kier molecular flexibility index (Phi) is 7.62. The Balaban J connectivity index is 1.57. The fourth-order valence-corrected chi connectivity index (χ4v) is 5.82. The molecule has 1 atom stereocenters. The number of nitrogens with one attached hydrogen (secondary N) is 1. The van der Waals surface area contributed by atoms with Crippen molar-refractivity contribution in [2.24, 2.45) is 5.92 Å². The van der Waals surface area contributed by atoms with Gasteiger partial charge in [-0.25, -0.2) is 0 Å². The van der Waals surface area contributed by atoms with Crippen molar-refractivity contribution in [2.75, 3.05) is 51.7 Å². The fourth-order valence-electron chi connectivity index (χ4n) is 3.94. The van der Waals surface area contributed by atoms with E-state index in [0.717, 1.165) is 12.8 Å². The summed E-state index contributed by atoms with van der Waals surface area (Å²) in [5.41, 5.74) is 0.517. The van der Waals surface area contributed by atoms with Crippen LogP contribution in [0.15, 0.2) is 18.2 Å². The zero-order valence-electron chi connectivity index (χ0n) is 17.8. The number of methoxy groups -OCH3 is 1. The molecule has 8 nitrogen and oxygen atoms in total. The number of benzene rings is 1. The Hall–Kier alpha value is -1.39. The molecule has 0 unspecified atom stereocenters. The van der Waals surface area contributed by atoms with Gasteiger partial charge < -0.3 is 10.1 Å². The molecular weight excluding hydrogens is 428 g/mol. The number of anilines is 1. The van der Waals surface area contributed by atoms with Crippen LogP contribution in [0.3, 0.4) is 0 Å². The van der Waals surface area contributed by atoms with E-state index in [1.165, 1.54) is 7.11 Å². The third-order valence-corrected chi connectivity index (χ3v) is 8.14. The number of piperazine rings is 1. The molecule has 3 rings (SSSR count). The van der Waals surface area contributed by atoms with Crippen LogP contribution in [0, 0.1) is 5.92 Å². The van der Waals surface area contributed by atoms with Gasteiger partial charge in [0.1, 0.15) is 5.75 Å². The number of piperidine rings is 1. The third kappa shape index (κ3) is 5.45. The van der Waals surface area contributed by atoms with E-state index in [1.54, 1.807) is 26.8 Å². The van der Waals surface area contributed by atoms with Crippen molar-refractivity contribution in [2.45, 2.75) is 32.7 Å². The van der Waals surface area contributed by atoms with Gasteiger partial charge in [-0.1, -0.05) is 18.5 Å². The van der Waals surface area contributed by atoms with Gasteiger partial charge in [0.25, 0.3) is 10.2 Å². The van der Waals surface area contributed by atoms with E-state index in [-0.39, 0.29) is 18.5 Å². The third-order valence-electron chi connectivity index (χ3n) is 5.91. The minimum atomic E-state index is -3.45. The molecule has 1 N–H and O–H groups in total. The topological polar surface area (TPSA) is 82.2 Å². The predicted molar refractivity (Wildman–Crippen MR) is 118 cm³/mol. The molecule has 2 fully saturated rings. The fraction of sp³-hybridized carbons (Fsp3) is 0.650. The molecule has 2 aliphatic heterocycles. The van der Waals surface area contributed by atoms with Crippen molar-refractivity contribution in [3.05, 3.63) is 23.2 Å². The lowest BCUT2D eigenvalue weighted by Gasteiger charge is -2.41. The highest BCUT2D eigenvalue weighted by Crippen LogP contribution is 2.28. The molecule has 0 aliphatic carbocycles. The molecule has 168 valence electrons. The highest BCUT2D eigenvalue weighted by atomic mass is 35.5. The van der Waals surface area contributed by atoms with E-state index in [2.05, 4.69) is 12.2 Å². The molecule has 2 saturated heterocycles. The zero-order chi connectivity index (χ0) is 21.9. The monoisotopic (exact) mass is 458 g/mol. The van der Waals surface area contributed by atoms with Gasteiger partial charge in [0, 0.05) is 43.8 Å². The van der Waals surface area contributed by atoms with Crippen LogP contribution in [-0.2, 0) is 15.0 Å². The van der Waals surface area contributed by atoms with Gasteiger partial charge in [0.15, 0.2) is 0 Å². The van der Waals surface area contributed by atoms with Crippen molar-refractivity contribution in [1.82, 2.24) is 13.5 Å². The first-order valence-electron chi connectivity index (χ1n) is 10.3. The summed E-state index contributed by atoms with van der Waals surface area (Å²) < 4.78 is 34.4. The molecular formula is C20H31ClN4O4S. The highest BCUT2D eigenvalue weighted by molar-refractivity contribution is 7.86. The van der Waals surface area contributed by atoms with Crippen molar-refractivity contribution in [3.63, 3.8) is 0 Å². The number of amides is 1. The SMILES string of the molecule is COc1ccc(Cl)cc1NC(=O)CN1CCN(S(=O)(=O)N2CCC(C)CC2)C[C@@H]1C. The second kappa shape index (κ2) is 9.82. The van der Waals surface area contributed by atoms with Crippen molar-refractivity contribution < 1.29 is 17.9 Å². The second-order valence-electron chi connectivity index (χ2n) is 8.16. The number of halogens is 1. The molecule has 1 aromatic carbocycles. The van der Waals surface area contributed by atoms with E-state index < -0.39 is 10.2 Å². The first-order chi connectivity index (χ1) is 14.2. The normalized spacial score (nSPS) is 22.7. The van der Waals surface area contributed by atoms with E-state index in [9.17, 15) is 13.2 Å². The number of hydrogen-bond acceptors (Lipinski definition) is 5. The average molecular weight is 459 g/mol. The predicted octanol–water partition coefficient (Wildman–Crippen LogP) is 2.27. The molecule has 10 heteroatoms. The van der Waals surface area contributed by atoms with Crippen LogP contribution in [0.1, 0.15) is 26.7 Å². The maximum absolute atomic E-state index is 13.0. The molecule has 2 aliphatic rings. The number of hydrogen-bond donors (Lipinski definition) is 1. The summed E-state index contributed by atoms with van der Waals surface area (Å²) in [6.45, 7) is 6.72. The van der Waals surface area contributed by atoms with Crippen molar-refractivity contribution in [3.8, 4) is 5.75 Å². The van der Waals surface area contributed by atoms with E-state index in [4.69, 9.17) is 16.3 Å². The Morgan fingerprint density at radius 2 is 1.87 bits per heavy atom. The molecule has 1 aromatic rings. The first kappa shape index (κ1) is 23.3. The van der Waals surface area contributed by atoms with Crippen molar-refractivity contribution >= 4 is 33.4 Å². The van der Waals surface area contributed by atoms with Gasteiger partial charge in [0.05, 0.1) is 19.3 Å². The summed E-state index contributed by atoms with van der Waals surface area (Å²) >= 11 is 6.02. The number of ether oxygens (including phenoxy) is 1. The Morgan fingerprint density at radius 3 is 2.50 bits per heavy atom.